The lowest BCUT2D eigenvalue weighted by Crippen LogP contribution is -2.58. The number of rotatable bonds is 14. The summed E-state index contributed by atoms with van der Waals surface area (Å²) in [5.74, 6) is -6.56. The van der Waals surface area contributed by atoms with Crippen LogP contribution in [-0.4, -0.2) is 93.9 Å². The third-order valence-corrected chi connectivity index (χ3v) is 5.16. The van der Waals surface area contributed by atoms with E-state index >= 15 is 0 Å². The SMILES string of the molecule is NC(=O)CC(NC(=O)C(CC(=O)O)NC(=O)C(N)CCCN=C(N)N)C(=O)N1CCCC1C(=O)O. The number of nitrogens with zero attached hydrogens (tertiary/aromatic N) is 2. The molecule has 196 valence electrons. The molecule has 4 atom stereocenters. The first-order chi connectivity index (χ1) is 16.3. The molecule has 16 heteroatoms. The normalized spacial score (nSPS) is 17.5. The van der Waals surface area contributed by atoms with Crippen molar-refractivity contribution in [3.8, 4) is 0 Å². The van der Waals surface area contributed by atoms with Crippen LogP contribution in [0.25, 0.3) is 0 Å². The molecule has 4 unspecified atom stereocenters. The Labute approximate surface area is 200 Å². The zero-order chi connectivity index (χ0) is 26.7. The molecular weight excluding hydrogens is 468 g/mol. The van der Waals surface area contributed by atoms with Gasteiger partial charge in [-0.3, -0.25) is 29.0 Å². The second kappa shape index (κ2) is 13.7. The minimum Gasteiger partial charge on any atom is -0.481 e. The van der Waals surface area contributed by atoms with Gasteiger partial charge in [-0.15, -0.1) is 0 Å². The van der Waals surface area contributed by atoms with Crippen molar-refractivity contribution in [2.24, 2.45) is 27.9 Å². The summed E-state index contributed by atoms with van der Waals surface area (Å²) < 4.78 is 0. The molecule has 0 spiro atoms. The number of carbonyl (C=O) groups is 6. The fraction of sp³-hybridized carbons (Fsp3) is 0.632. The van der Waals surface area contributed by atoms with Gasteiger partial charge in [-0.1, -0.05) is 0 Å². The van der Waals surface area contributed by atoms with Crippen molar-refractivity contribution in [3.05, 3.63) is 0 Å². The molecule has 0 aromatic rings. The Morgan fingerprint density at radius 2 is 1.60 bits per heavy atom. The molecule has 0 saturated carbocycles. The molecule has 0 aromatic carbocycles. The Kier molecular flexibility index (Phi) is 11.4. The minimum atomic E-state index is -1.64. The molecule has 1 saturated heterocycles. The van der Waals surface area contributed by atoms with Crippen LogP contribution in [0.5, 0.6) is 0 Å². The number of nitrogens with one attached hydrogen (secondary N) is 2. The van der Waals surface area contributed by atoms with E-state index in [9.17, 15) is 33.9 Å². The van der Waals surface area contributed by atoms with E-state index in [1.54, 1.807) is 0 Å². The number of primary amides is 1. The first-order valence-electron chi connectivity index (χ1n) is 10.8. The van der Waals surface area contributed by atoms with E-state index in [1.807, 2.05) is 0 Å². The predicted octanol–water partition coefficient (Wildman–Crippen LogP) is -4.24. The number of nitrogens with two attached hydrogens (primary N) is 4. The Morgan fingerprint density at radius 3 is 2.14 bits per heavy atom. The molecule has 0 bridgehead atoms. The van der Waals surface area contributed by atoms with E-state index < -0.39 is 72.6 Å². The fourth-order valence-electron chi connectivity index (χ4n) is 3.47. The quantitative estimate of drug-likeness (QED) is 0.0642. The van der Waals surface area contributed by atoms with Gasteiger partial charge in [0, 0.05) is 13.1 Å². The highest BCUT2D eigenvalue weighted by molar-refractivity contribution is 5.97. The van der Waals surface area contributed by atoms with E-state index in [1.165, 1.54) is 0 Å². The highest BCUT2D eigenvalue weighted by atomic mass is 16.4. The molecule has 4 amide bonds. The number of carboxylic acid groups (broad SMARTS) is 2. The van der Waals surface area contributed by atoms with Crippen molar-refractivity contribution in [3.63, 3.8) is 0 Å². The maximum Gasteiger partial charge on any atom is 0.326 e. The summed E-state index contributed by atoms with van der Waals surface area (Å²) in [5, 5.41) is 22.9. The van der Waals surface area contributed by atoms with Gasteiger partial charge in [0.1, 0.15) is 18.1 Å². The van der Waals surface area contributed by atoms with Crippen LogP contribution in [0.15, 0.2) is 4.99 Å². The number of aliphatic imine (C=N–C) groups is 1. The van der Waals surface area contributed by atoms with E-state index in [4.69, 9.17) is 28.0 Å². The minimum absolute atomic E-state index is 0.0882. The first-order valence-corrected chi connectivity index (χ1v) is 10.8. The smallest absolute Gasteiger partial charge is 0.326 e. The number of aliphatic carboxylic acids is 2. The van der Waals surface area contributed by atoms with Crippen molar-refractivity contribution >= 4 is 41.5 Å². The first kappa shape index (κ1) is 29.1. The van der Waals surface area contributed by atoms with Crippen LogP contribution >= 0.6 is 0 Å². The summed E-state index contributed by atoms with van der Waals surface area (Å²) in [6.07, 6.45) is -0.463. The van der Waals surface area contributed by atoms with Crippen LogP contribution in [0.3, 0.4) is 0 Å². The summed E-state index contributed by atoms with van der Waals surface area (Å²) in [5.41, 5.74) is 21.3. The van der Waals surface area contributed by atoms with Crippen LogP contribution in [0, 0.1) is 0 Å². The number of hydrogen-bond acceptors (Lipinski definition) is 8. The largest absolute Gasteiger partial charge is 0.481 e. The van der Waals surface area contributed by atoms with Crippen LogP contribution < -0.4 is 33.6 Å². The van der Waals surface area contributed by atoms with Crippen LogP contribution in [0.1, 0.15) is 38.5 Å². The standard InChI is InChI=1S/C19H32N8O8/c20-9(3-1-5-24-19(22)23)15(31)25-10(8-14(29)30)16(32)26-11(7-13(21)28)17(33)27-6-2-4-12(27)18(34)35/h9-12H,1-8,20H2,(H2,21,28)(H,25,31)(H,26,32)(H,29,30)(H,34,35)(H4,22,23,24). The van der Waals surface area contributed by atoms with Crippen molar-refractivity contribution in [2.45, 2.75) is 62.7 Å². The van der Waals surface area contributed by atoms with Gasteiger partial charge in [0.05, 0.1) is 18.9 Å². The van der Waals surface area contributed by atoms with E-state index in [0.717, 1.165) is 4.90 Å². The van der Waals surface area contributed by atoms with Gasteiger partial charge in [0.25, 0.3) is 0 Å². The van der Waals surface area contributed by atoms with E-state index in [-0.39, 0.29) is 31.9 Å². The third-order valence-electron chi connectivity index (χ3n) is 5.16. The molecule has 1 rings (SSSR count). The molecule has 1 aliphatic heterocycles. The number of guanidine groups is 1. The van der Waals surface area contributed by atoms with Gasteiger partial charge < -0.3 is 48.7 Å². The molecule has 0 aromatic heterocycles. The lowest BCUT2D eigenvalue weighted by atomic mass is 10.1. The van der Waals surface area contributed by atoms with Gasteiger partial charge >= 0.3 is 11.9 Å². The fourth-order valence-corrected chi connectivity index (χ4v) is 3.47. The molecule has 0 aliphatic carbocycles. The maximum absolute atomic E-state index is 12.9. The second-order valence-corrected chi connectivity index (χ2v) is 7.97. The van der Waals surface area contributed by atoms with Crippen LogP contribution in [0.2, 0.25) is 0 Å². The average molecular weight is 501 g/mol. The van der Waals surface area contributed by atoms with Gasteiger partial charge in [0.2, 0.25) is 23.6 Å². The number of carboxylic acids is 2. The third kappa shape index (κ3) is 9.83. The highest BCUT2D eigenvalue weighted by Gasteiger charge is 2.39. The monoisotopic (exact) mass is 500 g/mol. The number of amides is 4. The van der Waals surface area contributed by atoms with Gasteiger partial charge in [-0.25, -0.2) is 4.79 Å². The molecule has 35 heavy (non-hydrogen) atoms. The number of carbonyl (C=O) groups excluding carboxylic acids is 4. The second-order valence-electron chi connectivity index (χ2n) is 7.97. The van der Waals surface area contributed by atoms with E-state index in [2.05, 4.69) is 15.6 Å². The summed E-state index contributed by atoms with van der Waals surface area (Å²) in [6, 6.07) is -5.44. The topological polar surface area (TPSA) is 287 Å². The summed E-state index contributed by atoms with van der Waals surface area (Å²) in [6.45, 7) is 0.290. The molecule has 0 radical (unpaired) electrons. The van der Waals surface area contributed by atoms with Gasteiger partial charge in [0.15, 0.2) is 5.96 Å². The summed E-state index contributed by atoms with van der Waals surface area (Å²) in [4.78, 5) is 76.9. The molecular formula is C19H32N8O8. The van der Waals surface area contributed by atoms with Crippen molar-refractivity contribution < 1.29 is 39.0 Å². The Balaban J connectivity index is 2.92. The van der Waals surface area contributed by atoms with Crippen molar-refractivity contribution in [1.82, 2.24) is 15.5 Å². The molecule has 12 N–H and O–H groups in total. The van der Waals surface area contributed by atoms with Crippen molar-refractivity contribution in [1.29, 1.82) is 0 Å². The number of likely N-dealkylation sites (tertiary alicyclic amines) is 1. The number of hydrogen-bond donors (Lipinski definition) is 8. The Bertz CT molecular complexity index is 860. The van der Waals surface area contributed by atoms with Crippen LogP contribution in [0.4, 0.5) is 0 Å². The van der Waals surface area contributed by atoms with E-state index in [0.29, 0.717) is 12.8 Å². The molecule has 1 aliphatic rings. The molecule has 16 nitrogen and oxygen atoms in total. The molecule has 1 fully saturated rings. The van der Waals surface area contributed by atoms with Gasteiger partial charge in [-0.05, 0) is 25.7 Å². The Hall–Kier alpha value is -3.95. The highest BCUT2D eigenvalue weighted by Crippen LogP contribution is 2.19. The zero-order valence-corrected chi connectivity index (χ0v) is 19.0. The lowest BCUT2D eigenvalue weighted by molar-refractivity contribution is -0.150. The predicted molar refractivity (Wildman–Crippen MR) is 120 cm³/mol. The maximum atomic E-state index is 12.9. The lowest BCUT2D eigenvalue weighted by Gasteiger charge is -2.28. The summed E-state index contributed by atoms with van der Waals surface area (Å²) in [7, 11) is 0. The van der Waals surface area contributed by atoms with Crippen molar-refractivity contribution in [2.75, 3.05) is 13.1 Å². The van der Waals surface area contributed by atoms with Crippen LogP contribution in [-0.2, 0) is 28.8 Å². The Morgan fingerprint density at radius 1 is 0.971 bits per heavy atom. The molecule has 1 heterocycles. The summed E-state index contributed by atoms with van der Waals surface area (Å²) >= 11 is 0. The average Bonchev–Trinajstić information content (AvgIpc) is 3.24. The zero-order valence-electron chi connectivity index (χ0n) is 19.0. The van der Waals surface area contributed by atoms with Gasteiger partial charge in [-0.2, -0.15) is 0 Å².